The van der Waals surface area contributed by atoms with Crippen LogP contribution in [0.4, 0.5) is 13.2 Å². The highest BCUT2D eigenvalue weighted by Gasteiger charge is 2.30. The first kappa shape index (κ1) is 24.0. The monoisotopic (exact) mass is 492 g/mol. The lowest BCUT2D eigenvalue weighted by Crippen LogP contribution is -2.40. The molecule has 0 saturated carbocycles. The number of benzene rings is 3. The number of aromatic nitrogens is 1. The third-order valence-electron chi connectivity index (χ3n) is 6.85. The summed E-state index contributed by atoms with van der Waals surface area (Å²) in [5.74, 6) is 0.978. The number of halogens is 3. The zero-order chi connectivity index (χ0) is 25.1. The molecule has 5 rings (SSSR count). The molecule has 1 saturated heterocycles. The number of likely N-dealkylation sites (tertiary alicyclic amines) is 1. The predicted octanol–water partition coefficient (Wildman–Crippen LogP) is 6.49. The van der Waals surface area contributed by atoms with Crippen LogP contribution in [0.15, 0.2) is 85.1 Å². The van der Waals surface area contributed by atoms with Crippen LogP contribution in [-0.2, 0) is 17.5 Å². The number of piperidine rings is 1. The van der Waals surface area contributed by atoms with Crippen molar-refractivity contribution >= 4 is 16.8 Å². The number of hydrogen-bond donors (Lipinski definition) is 0. The van der Waals surface area contributed by atoms with Crippen molar-refractivity contribution in [2.45, 2.75) is 31.5 Å². The van der Waals surface area contributed by atoms with E-state index in [1.54, 1.807) is 12.1 Å². The fraction of sp³-hybridized carbons (Fsp3) is 0.276. The van der Waals surface area contributed by atoms with Crippen molar-refractivity contribution in [2.24, 2.45) is 0 Å². The number of carbonyl (C=O) groups excluding carboxylic acids is 1. The molecule has 1 fully saturated rings. The van der Waals surface area contributed by atoms with E-state index in [9.17, 15) is 18.0 Å². The number of hydrogen-bond acceptors (Lipinski definition) is 2. The van der Waals surface area contributed by atoms with E-state index in [4.69, 9.17) is 4.74 Å². The maximum atomic E-state index is 12.9. The largest absolute Gasteiger partial charge is 0.484 e. The molecule has 0 atom stereocenters. The van der Waals surface area contributed by atoms with E-state index in [2.05, 4.69) is 16.8 Å². The molecule has 0 radical (unpaired) electrons. The standard InChI is InChI=1S/C29H27F3N2O2/c30-29(31,32)23-12-10-21(11-13-23)18-34-19-26(25-8-4-5-9-27(25)34)22-14-16-33(17-15-22)28(35)20-36-24-6-2-1-3-7-24/h1-13,19,22H,14-18,20H2. The van der Waals surface area contributed by atoms with Gasteiger partial charge < -0.3 is 14.2 Å². The molecule has 4 nitrogen and oxygen atoms in total. The number of carbonyl (C=O) groups is 1. The van der Waals surface area contributed by atoms with E-state index in [-0.39, 0.29) is 12.5 Å². The average Bonchev–Trinajstić information content (AvgIpc) is 3.26. The van der Waals surface area contributed by atoms with Gasteiger partial charge in [-0.15, -0.1) is 0 Å². The summed E-state index contributed by atoms with van der Waals surface area (Å²) in [5, 5.41) is 1.15. The van der Waals surface area contributed by atoms with Gasteiger partial charge in [-0.1, -0.05) is 48.5 Å². The minimum Gasteiger partial charge on any atom is -0.484 e. The summed E-state index contributed by atoms with van der Waals surface area (Å²) < 4.78 is 46.5. The van der Waals surface area contributed by atoms with Crippen molar-refractivity contribution in [1.82, 2.24) is 9.47 Å². The van der Waals surface area contributed by atoms with Gasteiger partial charge in [-0.25, -0.2) is 0 Å². The lowest BCUT2D eigenvalue weighted by molar-refractivity contribution is -0.137. The minimum absolute atomic E-state index is 0.0120. The van der Waals surface area contributed by atoms with Gasteiger partial charge in [0, 0.05) is 36.7 Å². The van der Waals surface area contributed by atoms with Gasteiger partial charge in [-0.3, -0.25) is 4.79 Å². The number of nitrogens with zero attached hydrogens (tertiary/aromatic N) is 2. The Hall–Kier alpha value is -3.74. The molecule has 0 unspecified atom stereocenters. The Morgan fingerprint density at radius 3 is 2.25 bits per heavy atom. The Balaban J connectivity index is 1.26. The molecular formula is C29H27F3N2O2. The fourth-order valence-electron chi connectivity index (χ4n) is 4.92. The number of ether oxygens (including phenoxy) is 1. The van der Waals surface area contributed by atoms with Gasteiger partial charge in [-0.05, 0) is 60.2 Å². The molecule has 0 aliphatic carbocycles. The average molecular weight is 493 g/mol. The molecule has 1 amide bonds. The summed E-state index contributed by atoms with van der Waals surface area (Å²) in [4.78, 5) is 14.5. The number of fused-ring (bicyclic) bond motifs is 1. The smallest absolute Gasteiger partial charge is 0.416 e. The third-order valence-corrected chi connectivity index (χ3v) is 6.85. The minimum atomic E-state index is -4.34. The Morgan fingerprint density at radius 2 is 1.56 bits per heavy atom. The first-order valence-electron chi connectivity index (χ1n) is 12.1. The zero-order valence-corrected chi connectivity index (χ0v) is 19.7. The van der Waals surface area contributed by atoms with E-state index in [1.807, 2.05) is 53.4 Å². The summed E-state index contributed by atoms with van der Waals surface area (Å²) in [5.41, 5.74) is 2.46. The molecule has 0 spiro atoms. The molecule has 1 aliphatic rings. The number of amides is 1. The van der Waals surface area contributed by atoms with E-state index >= 15 is 0 Å². The molecule has 0 bridgehead atoms. The molecular weight excluding hydrogens is 465 g/mol. The fourth-order valence-corrected chi connectivity index (χ4v) is 4.92. The van der Waals surface area contributed by atoms with Crippen LogP contribution in [0.1, 0.15) is 35.4 Å². The molecule has 36 heavy (non-hydrogen) atoms. The first-order chi connectivity index (χ1) is 17.4. The summed E-state index contributed by atoms with van der Waals surface area (Å²) in [6, 6.07) is 22.8. The van der Waals surface area contributed by atoms with Gasteiger partial charge in [0.05, 0.1) is 5.56 Å². The lowest BCUT2D eigenvalue weighted by atomic mass is 9.89. The van der Waals surface area contributed by atoms with Crippen molar-refractivity contribution in [3.05, 3.63) is 102 Å². The number of alkyl halides is 3. The van der Waals surface area contributed by atoms with Gasteiger partial charge in [0.2, 0.25) is 0 Å². The van der Waals surface area contributed by atoms with E-state index < -0.39 is 11.7 Å². The van der Waals surface area contributed by atoms with Crippen LogP contribution >= 0.6 is 0 Å². The van der Waals surface area contributed by atoms with Crippen LogP contribution < -0.4 is 4.74 Å². The maximum Gasteiger partial charge on any atom is 0.416 e. The van der Waals surface area contributed by atoms with Gasteiger partial charge >= 0.3 is 6.18 Å². The van der Waals surface area contributed by atoms with Crippen LogP contribution in [-0.4, -0.2) is 35.1 Å². The van der Waals surface area contributed by atoms with Crippen molar-refractivity contribution < 1.29 is 22.7 Å². The second kappa shape index (κ2) is 10.1. The van der Waals surface area contributed by atoms with Crippen LogP contribution in [0.3, 0.4) is 0 Å². The Labute approximate surface area is 207 Å². The van der Waals surface area contributed by atoms with Crippen molar-refractivity contribution in [1.29, 1.82) is 0 Å². The summed E-state index contributed by atoms with van der Waals surface area (Å²) in [6.07, 6.45) is -0.504. The molecule has 7 heteroatoms. The van der Waals surface area contributed by atoms with E-state index in [0.29, 0.717) is 31.3 Å². The van der Waals surface area contributed by atoms with Crippen LogP contribution in [0.2, 0.25) is 0 Å². The SMILES string of the molecule is O=C(COc1ccccc1)N1CCC(c2cn(Cc3ccc(C(F)(F)F)cc3)c3ccccc23)CC1. The van der Waals surface area contributed by atoms with Crippen molar-refractivity contribution in [3.8, 4) is 5.75 Å². The van der Waals surface area contributed by atoms with E-state index in [0.717, 1.165) is 41.4 Å². The quantitative estimate of drug-likeness (QED) is 0.308. The number of rotatable bonds is 6. The molecule has 0 N–H and O–H groups in total. The third kappa shape index (κ3) is 5.25. The Bertz CT molecular complexity index is 1320. The Morgan fingerprint density at radius 1 is 0.889 bits per heavy atom. The first-order valence-corrected chi connectivity index (χ1v) is 12.1. The highest BCUT2D eigenvalue weighted by Crippen LogP contribution is 2.35. The molecule has 186 valence electrons. The highest BCUT2D eigenvalue weighted by atomic mass is 19.4. The van der Waals surface area contributed by atoms with Crippen LogP contribution in [0.5, 0.6) is 5.75 Å². The zero-order valence-electron chi connectivity index (χ0n) is 19.7. The van der Waals surface area contributed by atoms with Gasteiger partial charge in [0.25, 0.3) is 5.91 Å². The topological polar surface area (TPSA) is 34.5 Å². The molecule has 4 aromatic rings. The maximum absolute atomic E-state index is 12.9. The molecule has 2 heterocycles. The van der Waals surface area contributed by atoms with Gasteiger partial charge in [-0.2, -0.15) is 13.2 Å². The van der Waals surface area contributed by atoms with E-state index in [1.165, 1.54) is 5.56 Å². The molecule has 1 aliphatic heterocycles. The highest BCUT2D eigenvalue weighted by molar-refractivity contribution is 5.85. The number of para-hydroxylation sites is 2. The second-order valence-corrected chi connectivity index (χ2v) is 9.18. The van der Waals surface area contributed by atoms with Crippen LogP contribution in [0, 0.1) is 0 Å². The van der Waals surface area contributed by atoms with Gasteiger partial charge in [0.15, 0.2) is 6.61 Å². The summed E-state index contributed by atoms with van der Waals surface area (Å²) in [7, 11) is 0. The summed E-state index contributed by atoms with van der Waals surface area (Å²) in [6.45, 7) is 1.86. The summed E-state index contributed by atoms with van der Waals surface area (Å²) >= 11 is 0. The van der Waals surface area contributed by atoms with Gasteiger partial charge in [0.1, 0.15) is 5.75 Å². The second-order valence-electron chi connectivity index (χ2n) is 9.18. The normalized spacial score (nSPS) is 14.8. The molecule has 3 aromatic carbocycles. The molecule has 1 aromatic heterocycles. The Kier molecular flexibility index (Phi) is 6.72. The van der Waals surface area contributed by atoms with Crippen molar-refractivity contribution in [2.75, 3.05) is 19.7 Å². The van der Waals surface area contributed by atoms with Crippen molar-refractivity contribution in [3.63, 3.8) is 0 Å². The van der Waals surface area contributed by atoms with Crippen LogP contribution in [0.25, 0.3) is 10.9 Å². The lowest BCUT2D eigenvalue weighted by Gasteiger charge is -2.32. The predicted molar refractivity (Wildman–Crippen MR) is 133 cm³/mol.